The van der Waals surface area contributed by atoms with Crippen molar-refractivity contribution in [2.24, 2.45) is 0 Å². The Morgan fingerprint density at radius 2 is 2.03 bits per heavy atom. The molecule has 2 fully saturated rings. The Balaban J connectivity index is 1.26. The average molecular weight is 551 g/mol. The van der Waals surface area contributed by atoms with E-state index in [9.17, 15) is 17.6 Å². The fourth-order valence-electron chi connectivity index (χ4n) is 5.21. The zero-order chi connectivity index (χ0) is 27.4. The number of pyridine rings is 1. The van der Waals surface area contributed by atoms with Gasteiger partial charge in [0.1, 0.15) is 23.8 Å². The lowest BCUT2D eigenvalue weighted by molar-refractivity contribution is -0.118. The zero-order valence-electron chi connectivity index (χ0n) is 21.5. The second kappa shape index (κ2) is 9.35. The maximum Gasteiger partial charge on any atom is 0.265 e. The lowest BCUT2D eigenvalue weighted by Crippen LogP contribution is -2.33. The number of hydrogen-bond donors (Lipinski definition) is 1. The van der Waals surface area contributed by atoms with Gasteiger partial charge in [-0.3, -0.25) is 15.1 Å². The van der Waals surface area contributed by atoms with Gasteiger partial charge in [-0.25, -0.2) is 12.8 Å². The molecule has 1 amide bonds. The van der Waals surface area contributed by atoms with Gasteiger partial charge in [0.15, 0.2) is 0 Å². The van der Waals surface area contributed by atoms with Crippen LogP contribution in [0.3, 0.4) is 0 Å². The van der Waals surface area contributed by atoms with Gasteiger partial charge in [-0.05, 0) is 54.8 Å². The summed E-state index contributed by atoms with van der Waals surface area (Å²) in [7, 11) is 0.254. The lowest BCUT2D eigenvalue weighted by Gasteiger charge is -2.13. The van der Waals surface area contributed by atoms with Crippen molar-refractivity contribution in [2.75, 3.05) is 30.9 Å². The van der Waals surface area contributed by atoms with Gasteiger partial charge in [0, 0.05) is 49.8 Å². The van der Waals surface area contributed by atoms with E-state index in [0.29, 0.717) is 48.3 Å². The lowest BCUT2D eigenvalue weighted by atomic mass is 10.0. The standard InChI is InChI=1S/C28H27FN4O5S/c1-32(2)21-11-19(15-30-16-21)17-37-22-6-3-5-18(12-22)13-24-23-14-20(29)7-8-25(23)38-26(24)31-27(34)28-9-4-10-33(28)39(28,35)36/h3,5-8,11-12,14-16H,4,9-10,13,17H2,1-2H3,(H,31,34)/t28-,33?/m0/s1. The molecule has 0 saturated carbocycles. The van der Waals surface area contributed by atoms with Crippen molar-refractivity contribution in [1.29, 1.82) is 0 Å². The molecule has 11 heteroatoms. The molecular weight excluding hydrogens is 523 g/mol. The van der Waals surface area contributed by atoms with Crippen molar-refractivity contribution in [3.63, 3.8) is 0 Å². The van der Waals surface area contributed by atoms with Crippen LogP contribution < -0.4 is 15.0 Å². The molecule has 0 radical (unpaired) electrons. The molecule has 0 bridgehead atoms. The van der Waals surface area contributed by atoms with Crippen molar-refractivity contribution in [3.05, 3.63) is 83.4 Å². The van der Waals surface area contributed by atoms with Crippen molar-refractivity contribution in [3.8, 4) is 5.75 Å². The molecule has 9 nitrogen and oxygen atoms in total. The number of anilines is 2. The largest absolute Gasteiger partial charge is 0.489 e. The van der Waals surface area contributed by atoms with E-state index >= 15 is 0 Å². The van der Waals surface area contributed by atoms with Gasteiger partial charge >= 0.3 is 0 Å². The van der Waals surface area contributed by atoms with Crippen LogP contribution >= 0.6 is 0 Å². The van der Waals surface area contributed by atoms with E-state index in [0.717, 1.165) is 16.8 Å². The number of benzene rings is 2. The molecular formula is C28H27FN4O5S. The highest BCUT2D eigenvalue weighted by Gasteiger charge is 2.77. The quantitative estimate of drug-likeness (QED) is 0.327. The smallest absolute Gasteiger partial charge is 0.265 e. The zero-order valence-corrected chi connectivity index (χ0v) is 22.3. The Kier molecular flexibility index (Phi) is 6.07. The first-order chi connectivity index (χ1) is 18.7. The molecule has 2 aliphatic heterocycles. The number of carbonyl (C=O) groups excluding carboxylic acids is 1. The summed E-state index contributed by atoms with van der Waals surface area (Å²) < 4.78 is 52.2. The van der Waals surface area contributed by atoms with Crippen molar-refractivity contribution in [2.45, 2.75) is 30.7 Å². The summed E-state index contributed by atoms with van der Waals surface area (Å²) in [5.41, 5.74) is 3.68. The molecule has 6 rings (SSSR count). The van der Waals surface area contributed by atoms with E-state index in [-0.39, 0.29) is 12.3 Å². The number of hydrogen-bond acceptors (Lipinski definition) is 7. The summed E-state index contributed by atoms with van der Waals surface area (Å²) in [5, 5.41) is 3.21. The molecule has 0 spiro atoms. The van der Waals surface area contributed by atoms with Crippen LogP contribution in [0, 0.1) is 5.82 Å². The van der Waals surface area contributed by atoms with Crippen molar-refractivity contribution < 1.29 is 26.8 Å². The Morgan fingerprint density at radius 1 is 1.18 bits per heavy atom. The number of nitrogens with one attached hydrogen (secondary N) is 1. The van der Waals surface area contributed by atoms with E-state index < -0.39 is 26.6 Å². The molecule has 2 atom stereocenters. The monoisotopic (exact) mass is 550 g/mol. The van der Waals surface area contributed by atoms with Gasteiger partial charge < -0.3 is 14.1 Å². The predicted molar refractivity (Wildman–Crippen MR) is 145 cm³/mol. The molecule has 2 aliphatic rings. The molecule has 1 N–H and O–H groups in total. The van der Waals surface area contributed by atoms with Gasteiger partial charge in [-0.15, -0.1) is 0 Å². The first-order valence-electron chi connectivity index (χ1n) is 12.6. The summed E-state index contributed by atoms with van der Waals surface area (Å²) in [5.74, 6) is -0.344. The third-order valence-corrected chi connectivity index (χ3v) is 9.65. The summed E-state index contributed by atoms with van der Waals surface area (Å²) in [6.07, 6.45) is 4.68. The van der Waals surface area contributed by atoms with Crippen LogP contribution in [0.2, 0.25) is 0 Å². The fourth-order valence-corrected chi connectivity index (χ4v) is 7.38. The maximum absolute atomic E-state index is 14.2. The van der Waals surface area contributed by atoms with Crippen LogP contribution in [0.5, 0.6) is 5.75 Å². The van der Waals surface area contributed by atoms with Crippen molar-refractivity contribution >= 4 is 38.5 Å². The van der Waals surface area contributed by atoms with Crippen LogP contribution in [0.1, 0.15) is 29.5 Å². The highest BCUT2D eigenvalue weighted by molar-refractivity contribution is 7.98. The summed E-state index contributed by atoms with van der Waals surface area (Å²) in [6.45, 7) is 0.655. The minimum atomic E-state index is -3.64. The third kappa shape index (κ3) is 4.31. The van der Waals surface area contributed by atoms with Crippen LogP contribution in [0.25, 0.3) is 11.0 Å². The van der Waals surface area contributed by atoms with E-state index in [1.165, 1.54) is 22.5 Å². The number of fused-ring (bicyclic) bond motifs is 2. The molecule has 1 unspecified atom stereocenters. The summed E-state index contributed by atoms with van der Waals surface area (Å²) in [4.78, 5) is 17.9. The second-order valence-corrected chi connectivity index (χ2v) is 12.1. The Hall–Kier alpha value is -3.96. The maximum atomic E-state index is 14.2. The van der Waals surface area contributed by atoms with Gasteiger partial charge in [0.2, 0.25) is 20.8 Å². The van der Waals surface area contributed by atoms with Crippen LogP contribution in [-0.2, 0) is 27.8 Å². The number of amides is 1. The van der Waals surface area contributed by atoms with Gasteiger partial charge in [0.05, 0.1) is 11.9 Å². The van der Waals surface area contributed by atoms with E-state index in [1.807, 2.05) is 49.3 Å². The van der Waals surface area contributed by atoms with E-state index in [2.05, 4.69) is 10.3 Å². The first-order valence-corrected chi connectivity index (χ1v) is 14.0. The third-order valence-electron chi connectivity index (χ3n) is 7.28. The number of furan rings is 1. The summed E-state index contributed by atoms with van der Waals surface area (Å²) >= 11 is 0. The Bertz CT molecular complexity index is 1700. The minimum absolute atomic E-state index is 0.113. The van der Waals surface area contributed by atoms with Crippen LogP contribution in [0.15, 0.2) is 65.3 Å². The number of carbonyl (C=O) groups is 1. The van der Waals surface area contributed by atoms with E-state index in [1.54, 1.807) is 12.4 Å². The van der Waals surface area contributed by atoms with Gasteiger partial charge in [0.25, 0.3) is 5.91 Å². The minimum Gasteiger partial charge on any atom is -0.489 e. The topological polar surface area (TPSA) is 105 Å². The molecule has 4 aromatic rings. The summed E-state index contributed by atoms with van der Waals surface area (Å²) in [6, 6.07) is 13.6. The number of ether oxygens (including phenoxy) is 1. The second-order valence-electron chi connectivity index (χ2n) is 10.0. The van der Waals surface area contributed by atoms with Crippen LogP contribution in [-0.4, -0.2) is 49.1 Å². The number of aromatic nitrogens is 1. The number of rotatable bonds is 8. The Morgan fingerprint density at radius 3 is 2.79 bits per heavy atom. The van der Waals surface area contributed by atoms with E-state index in [4.69, 9.17) is 9.15 Å². The molecule has 39 heavy (non-hydrogen) atoms. The molecule has 0 aliphatic carbocycles. The molecule has 2 aromatic heterocycles. The van der Waals surface area contributed by atoms with Gasteiger partial charge in [-0.1, -0.05) is 12.1 Å². The van der Waals surface area contributed by atoms with Gasteiger partial charge in [-0.2, -0.15) is 4.31 Å². The SMILES string of the molecule is CN(C)c1cncc(COc2cccc(Cc3c(NC(=O)[C@@]45CCCN4S5(=O)=O)oc4ccc(F)cc34)c2)c1. The highest BCUT2D eigenvalue weighted by Crippen LogP contribution is 2.53. The van der Waals surface area contributed by atoms with Crippen LogP contribution in [0.4, 0.5) is 16.0 Å². The molecule has 4 heterocycles. The predicted octanol–water partition coefficient (Wildman–Crippen LogP) is 4.28. The molecule has 2 saturated heterocycles. The number of sulfonamides is 1. The first kappa shape index (κ1) is 25.3. The average Bonchev–Trinajstić information content (AvgIpc) is 3.27. The number of nitrogens with zero attached hydrogens (tertiary/aromatic N) is 3. The Labute approximate surface area is 225 Å². The molecule has 202 valence electrons. The normalized spacial score (nSPS) is 20.9. The highest BCUT2D eigenvalue weighted by atomic mass is 32.2. The molecule has 2 aromatic carbocycles. The van der Waals surface area contributed by atoms with Crippen molar-refractivity contribution in [1.82, 2.24) is 9.29 Å². The number of halogens is 1. The fraction of sp³-hybridized carbons (Fsp3) is 0.286.